The zero-order chi connectivity index (χ0) is 13.6. The summed E-state index contributed by atoms with van der Waals surface area (Å²) in [6.07, 6.45) is 3.05. The molecule has 5 heteroatoms. The predicted octanol–water partition coefficient (Wildman–Crippen LogP) is 1.92. The molecule has 4 atom stereocenters. The van der Waals surface area contributed by atoms with Gasteiger partial charge in [-0.05, 0) is 49.0 Å². The molecule has 0 aliphatic heterocycles. The molecule has 0 heterocycles. The molecule has 0 amide bonds. The maximum Gasteiger partial charge on any atom is 0.264 e. The lowest BCUT2D eigenvalue weighted by Gasteiger charge is -2.62. The van der Waals surface area contributed by atoms with Gasteiger partial charge in [-0.1, -0.05) is 20.8 Å². The van der Waals surface area contributed by atoms with Crippen LogP contribution < -0.4 is 5.32 Å². The van der Waals surface area contributed by atoms with Gasteiger partial charge in [-0.25, -0.2) is 0 Å². The molecule has 3 aliphatic carbocycles. The van der Waals surface area contributed by atoms with Crippen molar-refractivity contribution in [2.45, 2.75) is 46.1 Å². The zero-order valence-electron chi connectivity index (χ0n) is 11.5. The first-order valence-electron chi connectivity index (χ1n) is 6.90. The molecule has 106 valence electrons. The molecular formula is C13H25NO3S. The van der Waals surface area contributed by atoms with Crippen molar-refractivity contribution in [2.75, 3.05) is 12.3 Å². The molecule has 4 nitrogen and oxygen atoms in total. The van der Waals surface area contributed by atoms with Gasteiger partial charge in [-0.15, -0.1) is 0 Å². The third kappa shape index (κ3) is 2.73. The monoisotopic (exact) mass is 275 g/mol. The Labute approximate surface area is 110 Å². The summed E-state index contributed by atoms with van der Waals surface area (Å²) >= 11 is 0. The van der Waals surface area contributed by atoms with Gasteiger partial charge in [-0.3, -0.25) is 4.55 Å². The lowest BCUT2D eigenvalue weighted by molar-refractivity contribution is -0.114. The van der Waals surface area contributed by atoms with E-state index >= 15 is 0 Å². The van der Waals surface area contributed by atoms with Gasteiger partial charge in [0.2, 0.25) is 0 Å². The van der Waals surface area contributed by atoms with Crippen molar-refractivity contribution >= 4 is 10.1 Å². The minimum atomic E-state index is -3.80. The summed E-state index contributed by atoms with van der Waals surface area (Å²) in [5.74, 6) is 2.14. The van der Waals surface area contributed by atoms with Crippen LogP contribution in [-0.4, -0.2) is 31.3 Å². The van der Waals surface area contributed by atoms with E-state index in [2.05, 4.69) is 26.1 Å². The predicted molar refractivity (Wildman–Crippen MR) is 72.0 cm³/mol. The van der Waals surface area contributed by atoms with Gasteiger partial charge in [0.15, 0.2) is 0 Å². The minimum Gasteiger partial charge on any atom is -0.314 e. The Morgan fingerprint density at radius 2 is 2.00 bits per heavy atom. The Morgan fingerprint density at radius 1 is 1.33 bits per heavy atom. The third-order valence-electron chi connectivity index (χ3n) is 5.34. The number of hydrogen-bond acceptors (Lipinski definition) is 3. The van der Waals surface area contributed by atoms with Gasteiger partial charge >= 0.3 is 0 Å². The first kappa shape index (κ1) is 14.3. The van der Waals surface area contributed by atoms with Crippen LogP contribution in [0.15, 0.2) is 0 Å². The molecule has 3 fully saturated rings. The van der Waals surface area contributed by atoms with Crippen LogP contribution in [0.25, 0.3) is 0 Å². The molecule has 3 rings (SSSR count). The van der Waals surface area contributed by atoms with E-state index in [-0.39, 0.29) is 5.75 Å². The first-order chi connectivity index (χ1) is 8.22. The molecule has 0 aromatic heterocycles. The quantitative estimate of drug-likeness (QED) is 0.594. The average Bonchev–Trinajstić information content (AvgIpc) is 2.24. The summed E-state index contributed by atoms with van der Waals surface area (Å²) in [5.41, 5.74) is 0.492. The summed E-state index contributed by atoms with van der Waals surface area (Å²) in [6, 6.07) is 0.517. The van der Waals surface area contributed by atoms with Gasteiger partial charge in [0.25, 0.3) is 10.1 Å². The lowest BCUT2D eigenvalue weighted by Crippen LogP contribution is -2.60. The van der Waals surface area contributed by atoms with Crippen LogP contribution in [0.2, 0.25) is 0 Å². The second-order valence-corrected chi connectivity index (χ2v) is 8.23. The Hall–Kier alpha value is -0.130. The number of rotatable bonds is 5. The summed E-state index contributed by atoms with van der Waals surface area (Å²) in [7, 11) is -3.80. The van der Waals surface area contributed by atoms with Crippen molar-refractivity contribution in [3.63, 3.8) is 0 Å². The highest BCUT2D eigenvalue weighted by molar-refractivity contribution is 7.85. The topological polar surface area (TPSA) is 66.4 Å². The van der Waals surface area contributed by atoms with Crippen LogP contribution in [-0.2, 0) is 10.1 Å². The van der Waals surface area contributed by atoms with E-state index < -0.39 is 10.1 Å². The van der Waals surface area contributed by atoms with E-state index in [4.69, 9.17) is 4.55 Å². The highest BCUT2D eigenvalue weighted by Gasteiger charge is 2.55. The van der Waals surface area contributed by atoms with Crippen LogP contribution in [0.3, 0.4) is 0 Å². The second-order valence-electron chi connectivity index (χ2n) is 6.66. The summed E-state index contributed by atoms with van der Waals surface area (Å²) in [6.45, 7) is 7.73. The Kier molecular flexibility index (Phi) is 3.78. The Morgan fingerprint density at radius 3 is 2.50 bits per heavy atom. The minimum absolute atomic E-state index is 0.139. The number of hydrogen-bond donors (Lipinski definition) is 2. The van der Waals surface area contributed by atoms with E-state index in [1.54, 1.807) is 0 Å². The van der Waals surface area contributed by atoms with Crippen LogP contribution in [0.5, 0.6) is 0 Å². The van der Waals surface area contributed by atoms with Crippen molar-refractivity contribution in [3.8, 4) is 0 Å². The smallest absolute Gasteiger partial charge is 0.264 e. The van der Waals surface area contributed by atoms with E-state index in [1.807, 2.05) is 0 Å². The maximum atomic E-state index is 10.6. The van der Waals surface area contributed by atoms with Crippen LogP contribution in [0.1, 0.15) is 40.0 Å². The van der Waals surface area contributed by atoms with E-state index in [1.165, 1.54) is 12.8 Å². The molecule has 18 heavy (non-hydrogen) atoms. The first-order valence-corrected chi connectivity index (χ1v) is 8.51. The maximum absolute atomic E-state index is 10.6. The molecule has 1 unspecified atom stereocenters. The highest BCUT2D eigenvalue weighted by Crippen LogP contribution is 2.61. The van der Waals surface area contributed by atoms with Crippen molar-refractivity contribution in [1.29, 1.82) is 0 Å². The van der Waals surface area contributed by atoms with Crippen molar-refractivity contribution in [1.82, 2.24) is 5.32 Å². The summed E-state index contributed by atoms with van der Waals surface area (Å²) in [4.78, 5) is 0. The molecule has 3 saturated carbocycles. The summed E-state index contributed by atoms with van der Waals surface area (Å²) in [5, 5.41) is 3.47. The number of nitrogens with one attached hydrogen (secondary N) is 1. The molecular weight excluding hydrogens is 250 g/mol. The van der Waals surface area contributed by atoms with Gasteiger partial charge in [-0.2, -0.15) is 8.42 Å². The molecule has 2 N–H and O–H groups in total. The van der Waals surface area contributed by atoms with E-state index in [0.717, 1.165) is 11.8 Å². The van der Waals surface area contributed by atoms with Gasteiger partial charge in [0.05, 0.1) is 5.75 Å². The normalized spacial score (nSPS) is 38.2. The lowest BCUT2D eigenvalue weighted by atomic mass is 9.45. The highest BCUT2D eigenvalue weighted by atomic mass is 32.2. The largest absolute Gasteiger partial charge is 0.314 e. The fourth-order valence-electron chi connectivity index (χ4n) is 3.96. The van der Waals surface area contributed by atoms with Gasteiger partial charge in [0, 0.05) is 6.04 Å². The fourth-order valence-corrected chi connectivity index (χ4v) is 4.47. The van der Waals surface area contributed by atoms with Crippen molar-refractivity contribution in [3.05, 3.63) is 0 Å². The molecule has 0 spiro atoms. The summed E-state index contributed by atoms with van der Waals surface area (Å²) < 4.78 is 29.9. The van der Waals surface area contributed by atoms with E-state index in [9.17, 15) is 8.42 Å². The van der Waals surface area contributed by atoms with Gasteiger partial charge in [0.1, 0.15) is 0 Å². The van der Waals surface area contributed by atoms with Crippen LogP contribution >= 0.6 is 0 Å². The van der Waals surface area contributed by atoms with Crippen molar-refractivity contribution in [2.24, 2.45) is 23.2 Å². The average molecular weight is 275 g/mol. The zero-order valence-corrected chi connectivity index (χ0v) is 12.3. The Bertz CT molecular complexity index is 404. The molecule has 0 aromatic carbocycles. The second kappa shape index (κ2) is 4.76. The molecule has 2 bridgehead atoms. The van der Waals surface area contributed by atoms with Crippen molar-refractivity contribution < 1.29 is 13.0 Å². The number of fused-ring (bicyclic) bond motifs is 2. The molecule has 0 saturated heterocycles. The van der Waals surface area contributed by atoms with Crippen LogP contribution in [0, 0.1) is 23.2 Å². The standard InChI is InChI=1S/C13H25NO3S/c1-9-11-7-10(13(11,2)3)8-12(9)14-5-4-6-18(15,16)17/h9-12,14H,4-8H2,1-3H3,(H,15,16,17)/t9-,10?,11-,12-/m1/s1. The van der Waals surface area contributed by atoms with Gasteiger partial charge < -0.3 is 5.32 Å². The SMILES string of the molecule is C[C@@H]1[C@H]2CC(C[C@H]1NCCCS(=O)(=O)O)C2(C)C. The van der Waals surface area contributed by atoms with Crippen LogP contribution in [0.4, 0.5) is 0 Å². The third-order valence-corrected chi connectivity index (χ3v) is 6.14. The molecule has 0 radical (unpaired) electrons. The van der Waals surface area contributed by atoms with E-state index in [0.29, 0.717) is 30.3 Å². The fraction of sp³-hybridized carbons (Fsp3) is 1.00. The molecule has 3 aliphatic rings. The molecule has 0 aromatic rings. The Balaban J connectivity index is 1.76.